The number of nitrogens with one attached hydrogen (secondary N) is 2. The quantitative estimate of drug-likeness (QED) is 0.719. The number of nitrogens with zero attached hydrogens (tertiary/aromatic N) is 2. The number of hydrogen-bond donors (Lipinski definition) is 3. The molecule has 3 N–H and O–H groups in total. The summed E-state index contributed by atoms with van der Waals surface area (Å²) in [4.78, 5) is 23.2. The van der Waals surface area contributed by atoms with Gasteiger partial charge in [0.05, 0.1) is 12.5 Å². The van der Waals surface area contributed by atoms with Crippen LogP contribution >= 0.6 is 0 Å². The van der Waals surface area contributed by atoms with Crippen LogP contribution in [-0.2, 0) is 9.59 Å². The van der Waals surface area contributed by atoms with Gasteiger partial charge in [0.25, 0.3) is 0 Å². The van der Waals surface area contributed by atoms with Crippen LogP contribution < -0.4 is 10.6 Å². The van der Waals surface area contributed by atoms with Gasteiger partial charge in [0.1, 0.15) is 0 Å². The van der Waals surface area contributed by atoms with Crippen molar-refractivity contribution in [3.63, 3.8) is 0 Å². The summed E-state index contributed by atoms with van der Waals surface area (Å²) in [5.41, 5.74) is 0. The largest absolute Gasteiger partial charge is 0.481 e. The molecule has 21 heavy (non-hydrogen) atoms. The number of amides is 1. The van der Waals surface area contributed by atoms with Gasteiger partial charge in [-0.25, -0.2) is 0 Å². The van der Waals surface area contributed by atoms with Crippen molar-refractivity contribution in [2.45, 2.75) is 32.2 Å². The fourth-order valence-electron chi connectivity index (χ4n) is 3.66. The third kappa shape index (κ3) is 2.76. The monoisotopic (exact) mass is 294 g/mol. The summed E-state index contributed by atoms with van der Waals surface area (Å²) >= 11 is 0. The third-order valence-electron chi connectivity index (χ3n) is 4.47. The van der Waals surface area contributed by atoms with E-state index in [1.807, 2.05) is 0 Å². The number of rotatable bonds is 5. The van der Waals surface area contributed by atoms with Gasteiger partial charge in [-0.3, -0.25) is 14.9 Å². The topological polar surface area (TPSA) is 117 Å². The molecule has 4 unspecified atom stereocenters. The lowest BCUT2D eigenvalue weighted by Gasteiger charge is -2.28. The summed E-state index contributed by atoms with van der Waals surface area (Å²) in [5, 5.41) is 22.2. The maximum Gasteiger partial charge on any atom is 0.322 e. The summed E-state index contributed by atoms with van der Waals surface area (Å²) < 4.78 is 5.06. The van der Waals surface area contributed by atoms with Crippen molar-refractivity contribution < 1.29 is 19.1 Å². The van der Waals surface area contributed by atoms with Gasteiger partial charge in [-0.2, -0.15) is 0 Å². The van der Waals surface area contributed by atoms with E-state index in [0.29, 0.717) is 11.8 Å². The van der Waals surface area contributed by atoms with Crippen LogP contribution in [0, 0.1) is 24.7 Å². The molecule has 1 aromatic heterocycles. The fourth-order valence-corrected chi connectivity index (χ4v) is 3.66. The summed E-state index contributed by atoms with van der Waals surface area (Å²) in [6.07, 6.45) is 2.96. The standard InChI is InChI=1S/C13H18N4O4/c1-6-16-17-13(21-6)15-9(18)5-14-11-8-3-2-7(4-8)10(11)12(19)20/h7-8,10-11,14H,2-5H2,1H3,(H,19,20)(H,15,17,18). The lowest BCUT2D eigenvalue weighted by Crippen LogP contribution is -2.46. The lowest BCUT2D eigenvalue weighted by molar-refractivity contribution is -0.144. The molecule has 0 saturated heterocycles. The van der Waals surface area contributed by atoms with Gasteiger partial charge in [-0.05, 0) is 31.1 Å². The average molecular weight is 294 g/mol. The second-order valence-corrected chi connectivity index (χ2v) is 5.78. The Kier molecular flexibility index (Phi) is 3.62. The molecule has 1 amide bonds. The molecule has 4 atom stereocenters. The van der Waals surface area contributed by atoms with E-state index in [1.165, 1.54) is 0 Å². The molecular formula is C13H18N4O4. The first kappa shape index (κ1) is 14.0. The van der Waals surface area contributed by atoms with Crippen LogP contribution in [0.3, 0.4) is 0 Å². The van der Waals surface area contributed by atoms with Gasteiger partial charge in [0, 0.05) is 13.0 Å². The van der Waals surface area contributed by atoms with E-state index in [2.05, 4.69) is 20.8 Å². The highest BCUT2D eigenvalue weighted by atomic mass is 16.4. The molecule has 2 fully saturated rings. The Labute approximate surface area is 121 Å². The molecule has 8 nitrogen and oxygen atoms in total. The zero-order chi connectivity index (χ0) is 15.0. The molecule has 2 saturated carbocycles. The van der Waals surface area contributed by atoms with Gasteiger partial charge in [0.2, 0.25) is 11.8 Å². The molecule has 1 aromatic rings. The zero-order valence-corrected chi connectivity index (χ0v) is 11.7. The molecule has 2 bridgehead atoms. The number of fused-ring (bicyclic) bond motifs is 2. The number of carbonyl (C=O) groups is 2. The van der Waals surface area contributed by atoms with E-state index in [4.69, 9.17) is 4.42 Å². The van der Waals surface area contributed by atoms with Crippen LogP contribution in [0.4, 0.5) is 6.01 Å². The lowest BCUT2D eigenvalue weighted by atomic mass is 9.84. The molecule has 8 heteroatoms. The highest BCUT2D eigenvalue weighted by Crippen LogP contribution is 2.48. The molecule has 0 radical (unpaired) electrons. The van der Waals surface area contributed by atoms with Gasteiger partial charge in [0.15, 0.2) is 0 Å². The molecule has 114 valence electrons. The van der Waals surface area contributed by atoms with Crippen molar-refractivity contribution in [1.82, 2.24) is 15.5 Å². The van der Waals surface area contributed by atoms with E-state index in [9.17, 15) is 14.7 Å². The molecular weight excluding hydrogens is 276 g/mol. The van der Waals surface area contributed by atoms with Crippen LogP contribution in [0.5, 0.6) is 0 Å². The highest BCUT2D eigenvalue weighted by Gasteiger charge is 2.50. The van der Waals surface area contributed by atoms with Gasteiger partial charge >= 0.3 is 12.0 Å². The Hall–Kier alpha value is -1.96. The number of aliphatic carboxylic acids is 1. The molecule has 0 aliphatic heterocycles. The normalized spacial score (nSPS) is 30.5. The fraction of sp³-hybridized carbons (Fsp3) is 0.692. The number of anilines is 1. The van der Waals surface area contributed by atoms with E-state index in [1.54, 1.807) is 6.92 Å². The van der Waals surface area contributed by atoms with Gasteiger partial charge < -0.3 is 14.8 Å². The number of carbonyl (C=O) groups excluding carboxylic acids is 1. The van der Waals surface area contributed by atoms with Crippen LogP contribution in [0.15, 0.2) is 4.42 Å². The first-order chi connectivity index (χ1) is 10.0. The SMILES string of the molecule is Cc1nnc(NC(=O)CNC2C3CCC(C3)C2C(=O)O)o1. The summed E-state index contributed by atoms with van der Waals surface area (Å²) in [6.45, 7) is 1.67. The summed E-state index contributed by atoms with van der Waals surface area (Å²) in [5.74, 6) is -0.501. The predicted molar refractivity (Wildman–Crippen MR) is 71.4 cm³/mol. The zero-order valence-electron chi connectivity index (χ0n) is 11.7. The van der Waals surface area contributed by atoms with Crippen molar-refractivity contribution in [3.05, 3.63) is 5.89 Å². The maximum atomic E-state index is 11.8. The summed E-state index contributed by atoms with van der Waals surface area (Å²) in [7, 11) is 0. The van der Waals surface area contributed by atoms with Crippen molar-refractivity contribution in [3.8, 4) is 0 Å². The number of hydrogen-bond acceptors (Lipinski definition) is 6. The first-order valence-electron chi connectivity index (χ1n) is 7.10. The van der Waals surface area contributed by atoms with Crippen LogP contribution in [0.1, 0.15) is 25.2 Å². The van der Waals surface area contributed by atoms with Crippen molar-refractivity contribution in [2.24, 2.45) is 17.8 Å². The number of carboxylic acids is 1. The minimum absolute atomic E-state index is 0.0408. The van der Waals surface area contributed by atoms with Crippen molar-refractivity contribution >= 4 is 17.9 Å². The van der Waals surface area contributed by atoms with E-state index < -0.39 is 5.97 Å². The predicted octanol–water partition coefficient (Wildman–Crippen LogP) is 0.405. The van der Waals surface area contributed by atoms with E-state index >= 15 is 0 Å². The first-order valence-corrected chi connectivity index (χ1v) is 7.10. The Morgan fingerprint density at radius 1 is 1.33 bits per heavy atom. The molecule has 2 aliphatic rings. The second kappa shape index (κ2) is 5.44. The molecule has 2 aliphatic carbocycles. The second-order valence-electron chi connectivity index (χ2n) is 5.78. The minimum atomic E-state index is -0.771. The number of aryl methyl sites for hydroxylation is 1. The number of aromatic nitrogens is 2. The van der Waals surface area contributed by atoms with E-state index in [-0.39, 0.29) is 36.3 Å². The molecule has 0 spiro atoms. The molecule has 0 aromatic carbocycles. The molecule has 1 heterocycles. The maximum absolute atomic E-state index is 11.8. The minimum Gasteiger partial charge on any atom is -0.481 e. The van der Waals surface area contributed by atoms with Crippen LogP contribution in [0.25, 0.3) is 0 Å². The van der Waals surface area contributed by atoms with Gasteiger partial charge in [-0.15, -0.1) is 5.10 Å². The summed E-state index contributed by atoms with van der Waals surface area (Å²) in [6, 6.07) is -0.0709. The Morgan fingerprint density at radius 2 is 2.10 bits per heavy atom. The van der Waals surface area contributed by atoms with Crippen LogP contribution in [-0.4, -0.2) is 39.8 Å². The van der Waals surface area contributed by atoms with Crippen LogP contribution in [0.2, 0.25) is 0 Å². The van der Waals surface area contributed by atoms with Crippen molar-refractivity contribution in [2.75, 3.05) is 11.9 Å². The highest BCUT2D eigenvalue weighted by molar-refractivity contribution is 5.90. The number of carboxylic acid groups (broad SMARTS) is 1. The third-order valence-corrected chi connectivity index (χ3v) is 4.47. The Balaban J connectivity index is 1.54. The van der Waals surface area contributed by atoms with E-state index in [0.717, 1.165) is 19.3 Å². The smallest absolute Gasteiger partial charge is 0.322 e. The Morgan fingerprint density at radius 3 is 2.76 bits per heavy atom. The Bertz CT molecular complexity index is 558. The average Bonchev–Trinajstić information content (AvgIpc) is 3.11. The van der Waals surface area contributed by atoms with Gasteiger partial charge in [-0.1, -0.05) is 5.10 Å². The van der Waals surface area contributed by atoms with Crippen molar-refractivity contribution in [1.29, 1.82) is 0 Å². The molecule has 3 rings (SSSR count).